The fourth-order valence-corrected chi connectivity index (χ4v) is 7.54. The molecule has 386 valence electrons. The highest BCUT2D eigenvalue weighted by molar-refractivity contribution is 5.70. The van der Waals surface area contributed by atoms with Crippen LogP contribution in [-0.2, 0) is 19.1 Å². The largest absolute Gasteiger partial charge is 0.462 e. The van der Waals surface area contributed by atoms with E-state index in [2.05, 4.69) is 135 Å². The van der Waals surface area contributed by atoms with E-state index < -0.39 is 6.10 Å². The van der Waals surface area contributed by atoms with Gasteiger partial charge in [0.05, 0.1) is 6.61 Å². The van der Waals surface area contributed by atoms with Crippen molar-refractivity contribution in [3.05, 3.63) is 122 Å². The van der Waals surface area contributed by atoms with Gasteiger partial charge < -0.3 is 14.6 Å². The van der Waals surface area contributed by atoms with Crippen LogP contribution in [0.2, 0.25) is 0 Å². The zero-order valence-electron chi connectivity index (χ0n) is 44.1. The van der Waals surface area contributed by atoms with Gasteiger partial charge in [-0.15, -0.1) is 0 Å². The van der Waals surface area contributed by atoms with Gasteiger partial charge in [0, 0.05) is 12.8 Å². The molecule has 0 saturated carbocycles. The van der Waals surface area contributed by atoms with Crippen LogP contribution >= 0.6 is 0 Å². The Balaban J connectivity index is 3.62. The van der Waals surface area contributed by atoms with Gasteiger partial charge >= 0.3 is 11.9 Å². The molecule has 0 fully saturated rings. The molecule has 0 radical (unpaired) electrons. The normalized spacial score (nSPS) is 13.2. The minimum atomic E-state index is -0.792. The number of ether oxygens (including phenoxy) is 2. The van der Waals surface area contributed by atoms with E-state index in [4.69, 9.17) is 9.47 Å². The fraction of sp³-hybridized carbons (Fsp3) is 0.651. The van der Waals surface area contributed by atoms with E-state index in [-0.39, 0.29) is 25.2 Å². The van der Waals surface area contributed by atoms with E-state index in [1.807, 2.05) is 0 Å². The van der Waals surface area contributed by atoms with Crippen LogP contribution in [0, 0.1) is 0 Å². The van der Waals surface area contributed by atoms with Crippen molar-refractivity contribution in [1.29, 1.82) is 0 Å². The summed E-state index contributed by atoms with van der Waals surface area (Å²) in [7, 11) is 0. The van der Waals surface area contributed by atoms with Crippen molar-refractivity contribution in [3.8, 4) is 0 Å². The van der Waals surface area contributed by atoms with E-state index >= 15 is 0 Å². The molecular formula is C63H104O5. The molecule has 0 aliphatic rings. The third-order valence-electron chi connectivity index (χ3n) is 11.7. The van der Waals surface area contributed by atoms with E-state index in [0.29, 0.717) is 12.8 Å². The predicted octanol–water partition coefficient (Wildman–Crippen LogP) is 19.1. The monoisotopic (exact) mass is 941 g/mol. The van der Waals surface area contributed by atoms with Crippen molar-refractivity contribution < 1.29 is 24.2 Å². The molecule has 0 heterocycles. The summed E-state index contributed by atoms with van der Waals surface area (Å²) >= 11 is 0. The number of esters is 2. The second kappa shape index (κ2) is 57.6. The standard InChI is InChI=1S/C63H104O5/c1-3-5-7-9-11-13-15-17-19-21-23-25-26-27-28-29-30-31-32-33-34-35-36-38-40-42-44-46-48-50-52-54-56-58-63(66)68-61(59-64)60-67-62(65)57-55-53-51-49-47-45-43-41-39-37-24-22-20-18-16-14-12-10-8-6-4-2/h5,7,11,13,17,19,22-25,27-28,30-31,33-34,36,38,42,44,61,64H,3-4,6,8-10,12,14-16,18,20-21,26,29,32,35,37,39-41,43,45-60H2,1-2H3/b7-5-,13-11-,19-17-,24-22-,25-23-,28-27-,31-30-,34-33-,38-36-,44-42-. The third kappa shape index (κ3) is 54.9. The molecule has 0 amide bonds. The molecule has 0 saturated heterocycles. The summed E-state index contributed by atoms with van der Waals surface area (Å²) in [6.07, 6.45) is 84.4. The molecule has 68 heavy (non-hydrogen) atoms. The van der Waals surface area contributed by atoms with Crippen LogP contribution in [0.15, 0.2) is 122 Å². The van der Waals surface area contributed by atoms with Crippen LogP contribution in [0.5, 0.6) is 0 Å². The lowest BCUT2D eigenvalue weighted by atomic mass is 10.1. The molecule has 0 aromatic carbocycles. The Hall–Kier alpha value is -3.70. The van der Waals surface area contributed by atoms with E-state index in [9.17, 15) is 14.7 Å². The number of carbonyl (C=O) groups is 2. The number of allylic oxidation sites excluding steroid dienone is 20. The molecule has 0 aliphatic heterocycles. The highest BCUT2D eigenvalue weighted by Crippen LogP contribution is 2.14. The van der Waals surface area contributed by atoms with Crippen LogP contribution in [0.3, 0.4) is 0 Å². The number of aliphatic hydroxyl groups is 1. The fourth-order valence-electron chi connectivity index (χ4n) is 7.54. The maximum Gasteiger partial charge on any atom is 0.306 e. The highest BCUT2D eigenvalue weighted by atomic mass is 16.6. The van der Waals surface area contributed by atoms with E-state index in [1.165, 1.54) is 103 Å². The summed E-state index contributed by atoms with van der Waals surface area (Å²) < 4.78 is 10.7. The molecule has 5 heteroatoms. The highest BCUT2D eigenvalue weighted by Gasteiger charge is 2.16. The quantitative estimate of drug-likeness (QED) is 0.0374. The molecular weight excluding hydrogens is 837 g/mol. The van der Waals surface area contributed by atoms with Gasteiger partial charge in [-0.1, -0.05) is 245 Å². The van der Waals surface area contributed by atoms with Gasteiger partial charge in [-0.3, -0.25) is 9.59 Å². The number of rotatable bonds is 50. The van der Waals surface area contributed by atoms with Crippen molar-refractivity contribution in [2.45, 2.75) is 251 Å². The minimum absolute atomic E-state index is 0.0811. The Kier molecular flexibility index (Phi) is 54.5. The maximum absolute atomic E-state index is 12.3. The van der Waals surface area contributed by atoms with Crippen LogP contribution in [0.4, 0.5) is 0 Å². The average Bonchev–Trinajstić information content (AvgIpc) is 3.34. The smallest absolute Gasteiger partial charge is 0.306 e. The molecule has 1 N–H and O–H groups in total. The first-order valence-corrected chi connectivity index (χ1v) is 28.1. The summed E-state index contributed by atoms with van der Waals surface area (Å²) in [4.78, 5) is 24.5. The summed E-state index contributed by atoms with van der Waals surface area (Å²) in [5, 5.41) is 9.65. The molecule has 1 unspecified atom stereocenters. The van der Waals surface area contributed by atoms with Gasteiger partial charge in [0.25, 0.3) is 0 Å². The Morgan fingerprint density at radius 3 is 0.971 bits per heavy atom. The van der Waals surface area contributed by atoms with Gasteiger partial charge in [-0.05, 0) is 109 Å². The molecule has 0 aromatic heterocycles. The Labute approximate surface area is 420 Å². The first-order valence-electron chi connectivity index (χ1n) is 28.1. The zero-order chi connectivity index (χ0) is 49.2. The molecule has 1 atom stereocenters. The number of carbonyl (C=O) groups excluding carboxylic acids is 2. The predicted molar refractivity (Wildman–Crippen MR) is 297 cm³/mol. The van der Waals surface area contributed by atoms with Gasteiger partial charge in [0.15, 0.2) is 6.10 Å². The molecule has 0 aromatic rings. The number of hydrogen-bond donors (Lipinski definition) is 1. The Bertz CT molecular complexity index is 1390. The van der Waals surface area contributed by atoms with Crippen molar-refractivity contribution in [1.82, 2.24) is 0 Å². The summed E-state index contributed by atoms with van der Waals surface area (Å²) in [6.45, 7) is 4.01. The SMILES string of the molecule is CC/C=C\C/C=C\C/C=C\C/C=C\C/C=C\C/C=C\C/C=C\C/C=C\C/C=C\CCCCCCCC(=O)OC(CO)COC(=O)CCCCCCCCCCC/C=C\CCCCCCCCCC. The second-order valence-electron chi connectivity index (χ2n) is 18.3. The van der Waals surface area contributed by atoms with Crippen LogP contribution in [-0.4, -0.2) is 36.4 Å². The molecule has 0 aliphatic carbocycles. The first kappa shape index (κ1) is 64.3. The lowest BCUT2D eigenvalue weighted by molar-refractivity contribution is -0.161. The summed E-state index contributed by atoms with van der Waals surface area (Å²) in [5.41, 5.74) is 0. The van der Waals surface area contributed by atoms with Gasteiger partial charge in [-0.2, -0.15) is 0 Å². The van der Waals surface area contributed by atoms with Gasteiger partial charge in [0.1, 0.15) is 6.61 Å². The van der Waals surface area contributed by atoms with Crippen LogP contribution in [0.25, 0.3) is 0 Å². The van der Waals surface area contributed by atoms with E-state index in [0.717, 1.165) is 116 Å². The summed E-state index contributed by atoms with van der Waals surface area (Å²) in [5.74, 6) is -0.619. The zero-order valence-corrected chi connectivity index (χ0v) is 44.1. The number of hydrogen-bond acceptors (Lipinski definition) is 5. The van der Waals surface area contributed by atoms with E-state index in [1.54, 1.807) is 0 Å². The van der Waals surface area contributed by atoms with Crippen LogP contribution in [0.1, 0.15) is 245 Å². The van der Waals surface area contributed by atoms with Crippen molar-refractivity contribution in [3.63, 3.8) is 0 Å². The summed E-state index contributed by atoms with van der Waals surface area (Å²) in [6, 6.07) is 0. The first-order chi connectivity index (χ1) is 33.6. The molecule has 0 bridgehead atoms. The van der Waals surface area contributed by atoms with Crippen LogP contribution < -0.4 is 0 Å². The Morgan fingerprint density at radius 1 is 0.353 bits per heavy atom. The molecule has 0 spiro atoms. The molecule has 5 nitrogen and oxygen atoms in total. The van der Waals surface area contributed by atoms with Gasteiger partial charge in [-0.25, -0.2) is 0 Å². The maximum atomic E-state index is 12.3. The third-order valence-corrected chi connectivity index (χ3v) is 11.7. The minimum Gasteiger partial charge on any atom is -0.462 e. The number of unbranched alkanes of at least 4 members (excludes halogenated alkanes) is 22. The second-order valence-corrected chi connectivity index (χ2v) is 18.3. The molecule has 0 rings (SSSR count). The van der Waals surface area contributed by atoms with Crippen molar-refractivity contribution >= 4 is 11.9 Å². The van der Waals surface area contributed by atoms with Crippen molar-refractivity contribution in [2.75, 3.05) is 13.2 Å². The average molecular weight is 942 g/mol. The lowest BCUT2D eigenvalue weighted by Gasteiger charge is -2.15. The van der Waals surface area contributed by atoms with Crippen molar-refractivity contribution in [2.24, 2.45) is 0 Å². The lowest BCUT2D eigenvalue weighted by Crippen LogP contribution is -2.28. The Morgan fingerprint density at radius 2 is 0.632 bits per heavy atom. The van der Waals surface area contributed by atoms with Gasteiger partial charge in [0.2, 0.25) is 0 Å². The number of aliphatic hydroxyl groups excluding tert-OH is 1. The topological polar surface area (TPSA) is 72.8 Å².